The molecule has 1 rings (SSSR count). The van der Waals surface area contributed by atoms with E-state index in [1.54, 1.807) is 0 Å². The number of aryl methyl sites for hydroxylation is 1. The Balaban J connectivity index is 3.16. The van der Waals surface area contributed by atoms with Crippen LogP contribution in [0.25, 0.3) is 0 Å². The molecule has 11 heavy (non-hydrogen) atoms. The summed E-state index contributed by atoms with van der Waals surface area (Å²) in [5.74, 6) is -0.583. The van der Waals surface area contributed by atoms with Gasteiger partial charge in [0.2, 0.25) is 0 Å². The van der Waals surface area contributed by atoms with E-state index in [1.165, 1.54) is 6.92 Å². The number of hydrogen-bond donors (Lipinski definition) is 0. The van der Waals surface area contributed by atoms with Gasteiger partial charge >= 0.3 is 0 Å². The Morgan fingerprint density at radius 1 is 1.55 bits per heavy atom. The summed E-state index contributed by atoms with van der Waals surface area (Å²) in [6, 6.07) is 0.806. The quantitative estimate of drug-likeness (QED) is 0.627. The molecule has 1 heterocycles. The van der Waals surface area contributed by atoms with E-state index < -0.39 is 17.6 Å². The fourth-order valence-electron chi connectivity index (χ4n) is 0.606. The zero-order valence-corrected chi connectivity index (χ0v) is 5.80. The Bertz CT molecular complexity index is 304. The zero-order valence-electron chi connectivity index (χ0n) is 5.80. The van der Waals surface area contributed by atoms with Crippen molar-refractivity contribution in [3.63, 3.8) is 0 Å². The molecule has 0 N–H and O–H groups in total. The third-order valence-electron chi connectivity index (χ3n) is 1.25. The van der Waals surface area contributed by atoms with Gasteiger partial charge in [0.1, 0.15) is 0 Å². The molecule has 1 aromatic heterocycles. The van der Waals surface area contributed by atoms with E-state index in [9.17, 15) is 13.6 Å². The zero-order chi connectivity index (χ0) is 8.43. The topological polar surface area (TPSA) is 30.2 Å². The Labute approximate surface area is 61.5 Å². The highest BCUT2D eigenvalue weighted by Crippen LogP contribution is 2.16. The van der Waals surface area contributed by atoms with Crippen LogP contribution < -0.4 is 5.43 Å². The van der Waals surface area contributed by atoms with Gasteiger partial charge in [-0.2, -0.15) is 0 Å². The van der Waals surface area contributed by atoms with Crippen molar-refractivity contribution in [2.24, 2.45) is 0 Å². The van der Waals surface area contributed by atoms with E-state index in [0.29, 0.717) is 5.56 Å². The minimum Gasteiger partial charge on any atom is -0.463 e. The van der Waals surface area contributed by atoms with Crippen LogP contribution in [0.15, 0.2) is 21.5 Å². The third-order valence-corrected chi connectivity index (χ3v) is 1.25. The fraction of sp³-hybridized carbons (Fsp3) is 0.286. The van der Waals surface area contributed by atoms with Crippen molar-refractivity contribution in [2.45, 2.75) is 13.3 Å². The van der Waals surface area contributed by atoms with Gasteiger partial charge in [0.05, 0.1) is 6.26 Å². The molecule has 60 valence electrons. The molecule has 0 aromatic carbocycles. The second kappa shape index (κ2) is 2.82. The summed E-state index contributed by atoms with van der Waals surface area (Å²) in [4.78, 5) is 10.8. The Morgan fingerprint density at radius 3 is 2.64 bits per heavy atom. The first-order valence-electron chi connectivity index (χ1n) is 2.99. The van der Waals surface area contributed by atoms with E-state index >= 15 is 0 Å². The molecule has 2 nitrogen and oxygen atoms in total. The van der Waals surface area contributed by atoms with E-state index in [0.717, 1.165) is 12.3 Å². The summed E-state index contributed by atoms with van der Waals surface area (Å²) in [6.45, 7) is 1.50. The molecule has 0 aliphatic carbocycles. The monoisotopic (exact) mass is 160 g/mol. The highest BCUT2D eigenvalue weighted by Gasteiger charge is 2.10. The van der Waals surface area contributed by atoms with Crippen molar-refractivity contribution in [3.05, 3.63) is 33.9 Å². The largest absolute Gasteiger partial charge is 0.463 e. The van der Waals surface area contributed by atoms with E-state index in [-0.39, 0.29) is 0 Å². The molecule has 0 amide bonds. The Morgan fingerprint density at radius 2 is 2.18 bits per heavy atom. The first-order chi connectivity index (χ1) is 5.11. The molecular formula is C7H6F2O2. The average Bonchev–Trinajstić information content (AvgIpc) is 1.94. The maximum Gasteiger partial charge on any atom is 0.295 e. The maximum absolute atomic E-state index is 11.8. The third kappa shape index (κ3) is 1.63. The predicted molar refractivity (Wildman–Crippen MR) is 34.7 cm³/mol. The van der Waals surface area contributed by atoms with Crippen LogP contribution in [-0.4, -0.2) is 0 Å². The molecule has 0 saturated heterocycles. The molecule has 0 aliphatic rings. The van der Waals surface area contributed by atoms with Gasteiger partial charge in [-0.25, -0.2) is 8.78 Å². The minimum absolute atomic E-state index is 0.328. The standard InChI is InChI=1S/C7H6F2O2/c1-4-3-11-6(7(8)9)2-5(4)10/h2-3,7H,1H3. The maximum atomic E-state index is 11.8. The van der Waals surface area contributed by atoms with Gasteiger partial charge in [0.25, 0.3) is 6.43 Å². The number of alkyl halides is 2. The van der Waals surface area contributed by atoms with Gasteiger partial charge in [0.15, 0.2) is 11.2 Å². The van der Waals surface area contributed by atoms with Crippen molar-refractivity contribution >= 4 is 0 Å². The molecule has 1 aromatic rings. The van der Waals surface area contributed by atoms with Gasteiger partial charge in [-0.1, -0.05) is 0 Å². The summed E-state index contributed by atoms with van der Waals surface area (Å²) in [5.41, 5.74) is -0.0963. The van der Waals surface area contributed by atoms with Crippen molar-refractivity contribution in [1.29, 1.82) is 0 Å². The van der Waals surface area contributed by atoms with Gasteiger partial charge < -0.3 is 4.42 Å². The highest BCUT2D eigenvalue weighted by atomic mass is 19.3. The van der Waals surface area contributed by atoms with Crippen molar-refractivity contribution in [3.8, 4) is 0 Å². The van der Waals surface area contributed by atoms with Gasteiger partial charge in [0, 0.05) is 11.6 Å². The van der Waals surface area contributed by atoms with Crippen molar-refractivity contribution in [2.75, 3.05) is 0 Å². The lowest BCUT2D eigenvalue weighted by molar-refractivity contribution is 0.119. The smallest absolute Gasteiger partial charge is 0.295 e. The number of hydrogen-bond acceptors (Lipinski definition) is 2. The Kier molecular flexibility index (Phi) is 2.03. The van der Waals surface area contributed by atoms with Crippen LogP contribution in [0.3, 0.4) is 0 Å². The normalized spacial score (nSPS) is 10.5. The summed E-state index contributed by atoms with van der Waals surface area (Å²) < 4.78 is 28.1. The van der Waals surface area contributed by atoms with Crippen molar-refractivity contribution < 1.29 is 13.2 Å². The summed E-state index contributed by atoms with van der Waals surface area (Å²) in [5, 5.41) is 0. The molecule has 0 fully saturated rings. The number of rotatable bonds is 1. The van der Waals surface area contributed by atoms with Gasteiger partial charge in [-0.05, 0) is 6.92 Å². The molecule has 0 saturated carbocycles. The fourth-order valence-corrected chi connectivity index (χ4v) is 0.606. The molecule has 4 heteroatoms. The molecular weight excluding hydrogens is 154 g/mol. The van der Waals surface area contributed by atoms with Crippen LogP contribution in [0.1, 0.15) is 17.7 Å². The lowest BCUT2D eigenvalue weighted by Gasteiger charge is -1.96. The van der Waals surface area contributed by atoms with E-state index in [1.807, 2.05) is 0 Å². The van der Waals surface area contributed by atoms with Crippen LogP contribution in [0.5, 0.6) is 0 Å². The van der Waals surface area contributed by atoms with Crippen LogP contribution in [-0.2, 0) is 0 Å². The summed E-state index contributed by atoms with van der Waals surface area (Å²) in [7, 11) is 0. The highest BCUT2D eigenvalue weighted by molar-refractivity contribution is 5.09. The number of halogens is 2. The summed E-state index contributed by atoms with van der Waals surface area (Å²) >= 11 is 0. The SMILES string of the molecule is Cc1coc(C(F)F)cc1=O. The van der Waals surface area contributed by atoms with Crippen LogP contribution in [0.2, 0.25) is 0 Å². The first kappa shape index (κ1) is 7.91. The van der Waals surface area contributed by atoms with E-state index in [2.05, 4.69) is 4.42 Å². The molecule has 0 unspecified atom stereocenters. The predicted octanol–water partition coefficient (Wildman–Crippen LogP) is 1.89. The van der Waals surface area contributed by atoms with Crippen LogP contribution in [0, 0.1) is 6.92 Å². The average molecular weight is 160 g/mol. The van der Waals surface area contributed by atoms with Gasteiger partial charge in [-0.3, -0.25) is 4.79 Å². The minimum atomic E-state index is -2.72. The molecule has 0 bridgehead atoms. The lowest BCUT2D eigenvalue weighted by Crippen LogP contribution is -2.04. The molecule has 0 aliphatic heterocycles. The molecule has 0 spiro atoms. The lowest BCUT2D eigenvalue weighted by atomic mass is 10.3. The van der Waals surface area contributed by atoms with Gasteiger partial charge in [-0.15, -0.1) is 0 Å². The van der Waals surface area contributed by atoms with E-state index in [4.69, 9.17) is 0 Å². The molecule has 0 radical (unpaired) electrons. The Hall–Kier alpha value is -1.19. The first-order valence-corrected chi connectivity index (χ1v) is 2.99. The van der Waals surface area contributed by atoms with Crippen molar-refractivity contribution in [1.82, 2.24) is 0 Å². The second-order valence-electron chi connectivity index (χ2n) is 2.13. The summed E-state index contributed by atoms with van der Waals surface area (Å²) in [6.07, 6.45) is -1.69. The molecule has 0 atom stereocenters. The second-order valence-corrected chi connectivity index (χ2v) is 2.13. The van der Waals surface area contributed by atoms with Crippen LogP contribution in [0.4, 0.5) is 8.78 Å². The van der Waals surface area contributed by atoms with Crippen LogP contribution >= 0.6 is 0 Å².